The fourth-order valence-electron chi connectivity index (χ4n) is 1.59. The van der Waals surface area contributed by atoms with Gasteiger partial charge in [-0.05, 0) is 25.1 Å². The van der Waals surface area contributed by atoms with E-state index < -0.39 is 0 Å². The second-order valence-corrected chi connectivity index (χ2v) is 4.72. The lowest BCUT2D eigenvalue weighted by molar-refractivity contribution is 0.0364. The summed E-state index contributed by atoms with van der Waals surface area (Å²) < 4.78 is 10.9. The van der Waals surface area contributed by atoms with Gasteiger partial charge >= 0.3 is 0 Å². The van der Waals surface area contributed by atoms with Gasteiger partial charge in [0.05, 0.1) is 24.9 Å². The number of ether oxygens (including phenoxy) is 2. The van der Waals surface area contributed by atoms with Gasteiger partial charge in [0, 0.05) is 10.9 Å². The Bertz CT molecular complexity index is 587. The van der Waals surface area contributed by atoms with Crippen molar-refractivity contribution < 1.29 is 19.1 Å². The van der Waals surface area contributed by atoms with Crippen molar-refractivity contribution in [3.05, 3.63) is 40.3 Å². The van der Waals surface area contributed by atoms with Gasteiger partial charge in [0.15, 0.2) is 11.5 Å². The number of nitrogens with zero attached hydrogens (tertiary/aromatic N) is 1. The summed E-state index contributed by atoms with van der Waals surface area (Å²) in [7, 11) is 1.52. The van der Waals surface area contributed by atoms with Crippen molar-refractivity contribution in [2.24, 2.45) is 0 Å². The fraction of sp³-hybridized carbons (Fsp3) is 0.286. The first-order chi connectivity index (χ1) is 10.2. The number of benzene rings is 1. The van der Waals surface area contributed by atoms with Crippen LogP contribution in [0.3, 0.4) is 0 Å². The number of nitrogens with one attached hydrogen (secondary N) is 1. The molecular formula is C14H16N2O4S. The van der Waals surface area contributed by atoms with Crippen molar-refractivity contribution in [3.63, 3.8) is 0 Å². The van der Waals surface area contributed by atoms with Crippen molar-refractivity contribution in [3.8, 4) is 11.5 Å². The Morgan fingerprint density at radius 1 is 1.38 bits per heavy atom. The number of thiazole rings is 1. The summed E-state index contributed by atoms with van der Waals surface area (Å²) in [5, 5.41) is 1.91. The zero-order chi connectivity index (χ0) is 15.1. The molecule has 0 aliphatic rings. The summed E-state index contributed by atoms with van der Waals surface area (Å²) in [4.78, 5) is 20.8. The molecule has 2 aromatic rings. The Hall–Kier alpha value is -2.12. The number of hydroxylamine groups is 1. The third kappa shape index (κ3) is 4.17. The van der Waals surface area contributed by atoms with Crippen LogP contribution in [-0.4, -0.2) is 24.6 Å². The number of carbonyl (C=O) groups is 1. The second-order valence-electron chi connectivity index (χ2n) is 4.00. The van der Waals surface area contributed by atoms with Crippen molar-refractivity contribution in [2.75, 3.05) is 13.7 Å². The van der Waals surface area contributed by atoms with E-state index in [1.54, 1.807) is 30.6 Å². The van der Waals surface area contributed by atoms with Crippen molar-refractivity contribution in [1.82, 2.24) is 10.5 Å². The van der Waals surface area contributed by atoms with E-state index in [1.807, 2.05) is 5.38 Å². The Kier molecular flexibility index (Phi) is 5.53. The highest BCUT2D eigenvalue weighted by Crippen LogP contribution is 2.28. The molecule has 0 bridgehead atoms. The van der Waals surface area contributed by atoms with E-state index in [0.717, 1.165) is 5.69 Å². The molecule has 1 heterocycles. The van der Waals surface area contributed by atoms with Crippen LogP contribution in [0.15, 0.2) is 29.1 Å². The fourth-order valence-corrected chi connectivity index (χ4v) is 2.13. The topological polar surface area (TPSA) is 69.7 Å². The van der Waals surface area contributed by atoms with Crippen molar-refractivity contribution in [1.29, 1.82) is 0 Å². The van der Waals surface area contributed by atoms with E-state index >= 15 is 0 Å². The zero-order valence-electron chi connectivity index (χ0n) is 11.8. The lowest BCUT2D eigenvalue weighted by atomic mass is 10.2. The number of hydrogen-bond donors (Lipinski definition) is 1. The maximum absolute atomic E-state index is 11.8. The molecule has 0 saturated heterocycles. The van der Waals surface area contributed by atoms with Gasteiger partial charge in [-0.3, -0.25) is 9.63 Å². The Morgan fingerprint density at radius 3 is 2.90 bits per heavy atom. The molecule has 0 radical (unpaired) electrons. The van der Waals surface area contributed by atoms with Gasteiger partial charge in [-0.15, -0.1) is 11.3 Å². The molecule has 1 aromatic carbocycles. The molecule has 1 amide bonds. The first-order valence-corrected chi connectivity index (χ1v) is 7.29. The summed E-state index contributed by atoms with van der Waals surface area (Å²) >= 11 is 1.51. The van der Waals surface area contributed by atoms with Crippen LogP contribution in [0.1, 0.15) is 23.0 Å². The molecule has 2 rings (SSSR count). The molecule has 1 N–H and O–H groups in total. The number of methoxy groups -OCH3 is 1. The van der Waals surface area contributed by atoms with Gasteiger partial charge in [-0.25, -0.2) is 10.5 Å². The standard InChI is InChI=1S/C14H16N2O4S/c1-3-20-16-14(17)10-4-5-12(13(6-10)18-2)19-7-11-8-21-9-15-11/h4-6,8-9H,3,7H2,1-2H3,(H,16,17). The van der Waals surface area contributed by atoms with Crippen molar-refractivity contribution >= 4 is 17.2 Å². The van der Waals surface area contributed by atoms with E-state index in [2.05, 4.69) is 10.5 Å². The Balaban J connectivity index is 2.07. The van der Waals surface area contributed by atoms with Gasteiger partial charge < -0.3 is 9.47 Å². The maximum Gasteiger partial charge on any atom is 0.274 e. The second kappa shape index (κ2) is 7.61. The summed E-state index contributed by atoms with van der Waals surface area (Å²) in [5.74, 6) is 0.703. The smallest absolute Gasteiger partial charge is 0.274 e. The van der Waals surface area contributed by atoms with Gasteiger partial charge in [-0.1, -0.05) is 0 Å². The van der Waals surface area contributed by atoms with Crippen LogP contribution in [0.5, 0.6) is 11.5 Å². The number of rotatable bonds is 7. The summed E-state index contributed by atoms with van der Waals surface area (Å²) in [6, 6.07) is 4.93. The molecule has 0 spiro atoms. The molecule has 112 valence electrons. The van der Waals surface area contributed by atoms with Crippen molar-refractivity contribution in [2.45, 2.75) is 13.5 Å². The third-order valence-corrected chi connectivity index (χ3v) is 3.23. The highest BCUT2D eigenvalue weighted by atomic mass is 32.1. The molecule has 1 aromatic heterocycles. The molecule has 0 unspecified atom stereocenters. The van der Waals surface area contributed by atoms with Crippen LogP contribution in [0.25, 0.3) is 0 Å². The van der Waals surface area contributed by atoms with Crippen LogP contribution in [0, 0.1) is 0 Å². The predicted octanol–water partition coefficient (Wildman–Crippen LogP) is 2.41. The minimum Gasteiger partial charge on any atom is -0.493 e. The predicted molar refractivity (Wildman–Crippen MR) is 78.5 cm³/mol. The monoisotopic (exact) mass is 308 g/mol. The maximum atomic E-state index is 11.8. The molecule has 0 fully saturated rings. The highest BCUT2D eigenvalue weighted by molar-refractivity contribution is 7.07. The number of carbonyl (C=O) groups excluding carboxylic acids is 1. The van der Waals surface area contributed by atoms with Crippen LogP contribution in [-0.2, 0) is 11.4 Å². The summed E-state index contributed by atoms with van der Waals surface area (Å²) in [6.07, 6.45) is 0. The number of hydrogen-bond acceptors (Lipinski definition) is 6. The SMILES string of the molecule is CCONC(=O)c1ccc(OCc2cscn2)c(OC)c1. The largest absolute Gasteiger partial charge is 0.493 e. The Labute approximate surface area is 126 Å². The van der Waals surface area contributed by atoms with Gasteiger partial charge in [0.1, 0.15) is 6.61 Å². The van der Waals surface area contributed by atoms with Crippen LogP contribution in [0.4, 0.5) is 0 Å². The van der Waals surface area contributed by atoms with E-state index in [1.165, 1.54) is 18.4 Å². The van der Waals surface area contributed by atoms with Gasteiger partial charge in [-0.2, -0.15) is 0 Å². The highest BCUT2D eigenvalue weighted by Gasteiger charge is 2.11. The third-order valence-electron chi connectivity index (χ3n) is 2.59. The minimum absolute atomic E-state index is 0.332. The average Bonchev–Trinajstić information content (AvgIpc) is 3.03. The first kappa shape index (κ1) is 15.3. The molecule has 0 saturated carbocycles. The molecule has 0 aliphatic heterocycles. The number of amides is 1. The van der Waals surface area contributed by atoms with E-state index in [9.17, 15) is 4.79 Å². The molecule has 21 heavy (non-hydrogen) atoms. The molecule has 0 aliphatic carbocycles. The van der Waals surface area contributed by atoms with E-state index in [4.69, 9.17) is 14.3 Å². The summed E-state index contributed by atoms with van der Waals surface area (Å²) in [5.41, 5.74) is 5.36. The first-order valence-electron chi connectivity index (χ1n) is 6.34. The van der Waals surface area contributed by atoms with E-state index in [-0.39, 0.29) is 5.91 Å². The number of aromatic nitrogens is 1. The van der Waals surface area contributed by atoms with Crippen LogP contribution < -0.4 is 15.0 Å². The van der Waals surface area contributed by atoms with Crippen LogP contribution in [0.2, 0.25) is 0 Å². The summed E-state index contributed by atoms with van der Waals surface area (Å²) in [6.45, 7) is 2.54. The zero-order valence-corrected chi connectivity index (χ0v) is 12.6. The molecule has 7 heteroatoms. The van der Waals surface area contributed by atoms with Gasteiger partial charge in [0.2, 0.25) is 0 Å². The average molecular weight is 308 g/mol. The van der Waals surface area contributed by atoms with Crippen LogP contribution >= 0.6 is 11.3 Å². The van der Waals surface area contributed by atoms with E-state index in [0.29, 0.717) is 30.3 Å². The minimum atomic E-state index is -0.332. The molecule has 0 atom stereocenters. The normalized spacial score (nSPS) is 10.2. The quantitative estimate of drug-likeness (QED) is 0.795. The molecular weight excluding hydrogens is 292 g/mol. The lowest BCUT2D eigenvalue weighted by Crippen LogP contribution is -2.23. The Morgan fingerprint density at radius 2 is 2.24 bits per heavy atom. The lowest BCUT2D eigenvalue weighted by Gasteiger charge is -2.11. The van der Waals surface area contributed by atoms with Gasteiger partial charge in [0.25, 0.3) is 5.91 Å². The molecule has 6 nitrogen and oxygen atoms in total.